The largest absolute Gasteiger partial charge is 0.551 e. The van der Waals surface area contributed by atoms with Crippen LogP contribution in [0.25, 0.3) is 60.9 Å². The number of hydrogen-bond acceptors (Lipinski definition) is 2. The SMILES string of the molecule is c1ccc([Si](c2ccccc2)(c2ccccc2)c2cccc(-c3cc4c5c(c3)-c3cc(-c6cccc(-n7c8ccccc8c8ccccc87)c6)ccc3OB5c3ccccc3O4)c2)cc1. The summed E-state index contributed by atoms with van der Waals surface area (Å²) in [6.07, 6.45) is 0. The van der Waals surface area contributed by atoms with E-state index in [2.05, 4.69) is 241 Å². The molecule has 0 N–H and O–H groups in total. The summed E-state index contributed by atoms with van der Waals surface area (Å²) < 4.78 is 16.3. The van der Waals surface area contributed by atoms with E-state index in [1.807, 2.05) is 6.07 Å². The molecule has 0 unspecified atom stereocenters. The molecule has 0 aliphatic carbocycles. The average molecular weight is 846 g/mol. The fraction of sp³-hybridized carbons (Fsp3) is 0. The molecule has 2 aliphatic heterocycles. The minimum Gasteiger partial charge on any atom is -0.551 e. The van der Waals surface area contributed by atoms with Gasteiger partial charge < -0.3 is 14.0 Å². The third-order valence-electron chi connectivity index (χ3n) is 13.6. The fourth-order valence-corrected chi connectivity index (χ4v) is 15.5. The van der Waals surface area contributed by atoms with Gasteiger partial charge >= 0.3 is 6.92 Å². The summed E-state index contributed by atoms with van der Waals surface area (Å²) in [6, 6.07) is 88.5. The second-order valence-corrected chi connectivity index (χ2v) is 20.9. The number of hydrogen-bond donors (Lipinski definition) is 0. The molecule has 0 saturated heterocycles. The molecule has 3 heterocycles. The third-order valence-corrected chi connectivity index (χ3v) is 18.4. The summed E-state index contributed by atoms with van der Waals surface area (Å²) in [5, 5.41) is 7.86. The Balaban J connectivity index is 0.989. The molecule has 0 fully saturated rings. The van der Waals surface area contributed by atoms with E-state index in [4.69, 9.17) is 9.39 Å². The number of aromatic nitrogens is 1. The van der Waals surface area contributed by atoms with Crippen molar-refractivity contribution < 1.29 is 9.39 Å². The molecule has 11 aromatic rings. The molecule has 0 saturated carbocycles. The van der Waals surface area contributed by atoms with Gasteiger partial charge in [0.25, 0.3) is 0 Å². The van der Waals surface area contributed by atoms with Crippen LogP contribution in [0.2, 0.25) is 0 Å². The Kier molecular flexibility index (Phi) is 8.65. The van der Waals surface area contributed by atoms with E-state index in [9.17, 15) is 0 Å². The highest BCUT2D eigenvalue weighted by Crippen LogP contribution is 2.43. The van der Waals surface area contributed by atoms with Gasteiger partial charge in [0.15, 0.2) is 8.07 Å². The van der Waals surface area contributed by atoms with Gasteiger partial charge in [-0.2, -0.15) is 0 Å². The molecule has 0 radical (unpaired) electrons. The Bertz CT molecular complexity index is 3470. The number of para-hydroxylation sites is 3. The van der Waals surface area contributed by atoms with Crippen LogP contribution in [0, 0.1) is 0 Å². The minimum absolute atomic E-state index is 0.295. The van der Waals surface area contributed by atoms with Gasteiger partial charge in [0.2, 0.25) is 0 Å². The predicted molar refractivity (Wildman–Crippen MR) is 273 cm³/mol. The lowest BCUT2D eigenvalue weighted by atomic mass is 9.50. The van der Waals surface area contributed by atoms with Crippen LogP contribution in [0.15, 0.2) is 243 Å². The summed E-state index contributed by atoms with van der Waals surface area (Å²) >= 11 is 0. The Morgan fingerprint density at radius 3 is 1.57 bits per heavy atom. The molecule has 304 valence electrons. The van der Waals surface area contributed by atoms with Gasteiger partial charge in [-0.25, -0.2) is 0 Å². The smallest absolute Gasteiger partial charge is 0.434 e. The van der Waals surface area contributed by atoms with Crippen molar-refractivity contribution in [1.29, 1.82) is 0 Å². The van der Waals surface area contributed by atoms with Crippen molar-refractivity contribution in [2.75, 3.05) is 0 Å². The highest BCUT2D eigenvalue weighted by atomic mass is 28.3. The summed E-state index contributed by atoms with van der Waals surface area (Å²) in [6.45, 7) is -0.295. The molecule has 10 aromatic carbocycles. The third kappa shape index (κ3) is 5.90. The van der Waals surface area contributed by atoms with Crippen molar-refractivity contribution in [3.63, 3.8) is 0 Å². The average Bonchev–Trinajstić information content (AvgIpc) is 3.72. The van der Waals surface area contributed by atoms with Crippen LogP contribution in [-0.2, 0) is 0 Å². The number of benzene rings is 10. The first kappa shape index (κ1) is 37.4. The highest BCUT2D eigenvalue weighted by molar-refractivity contribution is 7.19. The molecule has 0 bridgehead atoms. The standard InChI is InChI=1S/C60H40BNO2Si/c1-4-21-46(22-5-1)65(47-23-6-2-7-24-47,48-25-8-3-9-26-48)49-27-17-19-42(37-49)44-39-53-52-38-43(34-35-57(52)64-61-54-30-12-15-33-58(54)63-59(40-44)60(53)61)41-18-16-20-45(36-41)62-55-31-13-10-28-50(55)51-29-11-14-32-56(51)62/h1-40H. The highest BCUT2D eigenvalue weighted by Gasteiger charge is 2.43. The van der Waals surface area contributed by atoms with Crippen molar-refractivity contribution in [3.8, 4) is 56.3 Å². The van der Waals surface area contributed by atoms with Crippen LogP contribution in [-0.4, -0.2) is 19.6 Å². The molecule has 65 heavy (non-hydrogen) atoms. The normalized spacial score (nSPS) is 12.5. The molecule has 0 atom stereocenters. The Labute approximate surface area is 379 Å². The van der Waals surface area contributed by atoms with E-state index in [0.29, 0.717) is 0 Å². The lowest BCUT2D eigenvalue weighted by molar-refractivity contribution is 0.479. The Morgan fingerprint density at radius 2 is 0.892 bits per heavy atom. The van der Waals surface area contributed by atoms with Gasteiger partial charge in [-0.15, -0.1) is 0 Å². The Morgan fingerprint density at radius 1 is 0.354 bits per heavy atom. The number of rotatable bonds is 7. The van der Waals surface area contributed by atoms with Crippen molar-refractivity contribution >= 4 is 68.5 Å². The lowest BCUT2D eigenvalue weighted by Gasteiger charge is -2.35. The first-order chi connectivity index (χ1) is 32.2. The van der Waals surface area contributed by atoms with Crippen LogP contribution in [0.1, 0.15) is 0 Å². The zero-order valence-electron chi connectivity index (χ0n) is 35.4. The van der Waals surface area contributed by atoms with Crippen molar-refractivity contribution in [2.24, 2.45) is 0 Å². The molecule has 5 heteroatoms. The fourth-order valence-electron chi connectivity index (χ4n) is 10.7. The second-order valence-electron chi connectivity index (χ2n) is 17.1. The van der Waals surface area contributed by atoms with Gasteiger partial charge in [-0.05, 0) is 103 Å². The minimum atomic E-state index is -2.77. The molecule has 0 spiro atoms. The van der Waals surface area contributed by atoms with Gasteiger partial charge in [0.1, 0.15) is 17.2 Å². The number of nitrogens with zero attached hydrogens (tertiary/aromatic N) is 1. The molecule has 0 amide bonds. The number of fused-ring (bicyclic) bond motifs is 7. The van der Waals surface area contributed by atoms with Gasteiger partial charge in [-0.1, -0.05) is 188 Å². The Hall–Kier alpha value is -8.12. The zero-order chi connectivity index (χ0) is 42.9. The van der Waals surface area contributed by atoms with Crippen LogP contribution >= 0.6 is 0 Å². The summed E-state index contributed by atoms with van der Waals surface area (Å²) in [4.78, 5) is 0. The number of ether oxygens (including phenoxy) is 1. The van der Waals surface area contributed by atoms with Crippen molar-refractivity contribution in [1.82, 2.24) is 4.57 Å². The molecular formula is C60H40BNO2Si. The van der Waals surface area contributed by atoms with E-state index < -0.39 is 8.07 Å². The van der Waals surface area contributed by atoms with Gasteiger partial charge in [-0.3, -0.25) is 0 Å². The van der Waals surface area contributed by atoms with Crippen molar-refractivity contribution in [2.45, 2.75) is 0 Å². The first-order valence-corrected chi connectivity index (χ1v) is 24.3. The molecule has 2 aliphatic rings. The second kappa shape index (κ2) is 15.0. The zero-order valence-corrected chi connectivity index (χ0v) is 36.4. The lowest BCUT2D eigenvalue weighted by Crippen LogP contribution is -2.74. The molecular weight excluding hydrogens is 806 g/mol. The molecule has 1 aromatic heterocycles. The topological polar surface area (TPSA) is 23.4 Å². The van der Waals surface area contributed by atoms with E-state index in [1.165, 1.54) is 42.6 Å². The maximum Gasteiger partial charge on any atom is 0.434 e. The van der Waals surface area contributed by atoms with Crippen LogP contribution in [0.5, 0.6) is 17.2 Å². The van der Waals surface area contributed by atoms with Crippen LogP contribution < -0.4 is 41.1 Å². The van der Waals surface area contributed by atoms with E-state index in [-0.39, 0.29) is 6.92 Å². The predicted octanol–water partition coefficient (Wildman–Crippen LogP) is 10.8. The van der Waals surface area contributed by atoms with Gasteiger partial charge in [0.05, 0.1) is 11.0 Å². The van der Waals surface area contributed by atoms with E-state index in [1.54, 1.807) is 0 Å². The van der Waals surface area contributed by atoms with Gasteiger partial charge in [0, 0.05) is 32.9 Å². The quantitative estimate of drug-likeness (QED) is 0.118. The monoisotopic (exact) mass is 845 g/mol. The summed E-state index contributed by atoms with van der Waals surface area (Å²) in [5.74, 6) is 2.52. The van der Waals surface area contributed by atoms with Crippen LogP contribution in [0.3, 0.4) is 0 Å². The maximum absolute atomic E-state index is 7.01. The first-order valence-electron chi connectivity index (χ1n) is 22.3. The van der Waals surface area contributed by atoms with Crippen molar-refractivity contribution in [3.05, 3.63) is 243 Å². The molecule has 3 nitrogen and oxygen atoms in total. The summed E-state index contributed by atoms with van der Waals surface area (Å²) in [7, 11) is -2.77. The maximum atomic E-state index is 7.01. The molecule has 13 rings (SSSR count). The van der Waals surface area contributed by atoms with E-state index in [0.717, 1.165) is 67.2 Å². The van der Waals surface area contributed by atoms with Crippen LogP contribution in [0.4, 0.5) is 0 Å². The van der Waals surface area contributed by atoms with E-state index >= 15 is 0 Å². The summed E-state index contributed by atoms with van der Waals surface area (Å²) in [5.41, 5.74) is 12.3.